The van der Waals surface area contributed by atoms with E-state index in [-0.39, 0.29) is 18.2 Å². The molecular formula is C23H22BrN3O2S. The van der Waals surface area contributed by atoms with Gasteiger partial charge in [-0.25, -0.2) is 0 Å². The molecule has 0 bridgehead atoms. The zero-order valence-corrected chi connectivity index (χ0v) is 19.3. The van der Waals surface area contributed by atoms with Crippen LogP contribution < -0.4 is 9.64 Å². The first-order chi connectivity index (χ1) is 14.5. The van der Waals surface area contributed by atoms with E-state index in [1.807, 2.05) is 18.2 Å². The minimum atomic E-state index is -0.302. The molecule has 4 rings (SSSR count). The molecule has 2 aliphatic heterocycles. The predicted octanol–water partition coefficient (Wildman–Crippen LogP) is 5.24. The van der Waals surface area contributed by atoms with Crippen LogP contribution in [0.15, 0.2) is 57.5 Å². The number of nitriles is 1. The van der Waals surface area contributed by atoms with Crippen molar-refractivity contribution in [2.24, 2.45) is 0 Å². The number of hydrogen-bond acceptors (Lipinski definition) is 5. The third-order valence-corrected chi connectivity index (χ3v) is 7.22. The van der Waals surface area contributed by atoms with Gasteiger partial charge in [-0.3, -0.25) is 9.69 Å². The number of amides is 1. The molecule has 7 heteroatoms. The lowest BCUT2D eigenvalue weighted by molar-refractivity contribution is -0.129. The predicted molar refractivity (Wildman–Crippen MR) is 123 cm³/mol. The number of aryl methyl sites for hydroxylation is 1. The topological polar surface area (TPSA) is 56.6 Å². The Hall–Kier alpha value is -2.43. The summed E-state index contributed by atoms with van der Waals surface area (Å²) in [5.74, 6) is 1.11. The largest absolute Gasteiger partial charge is 0.496 e. The molecule has 2 aromatic carbocycles. The lowest BCUT2D eigenvalue weighted by Gasteiger charge is -2.42. The number of carbonyl (C=O) groups is 1. The average molecular weight is 484 g/mol. The van der Waals surface area contributed by atoms with Gasteiger partial charge in [0.2, 0.25) is 5.91 Å². The maximum absolute atomic E-state index is 13.1. The van der Waals surface area contributed by atoms with Crippen molar-refractivity contribution in [3.8, 4) is 11.8 Å². The number of nitrogens with zero attached hydrogens (tertiary/aromatic N) is 3. The first-order valence-corrected chi connectivity index (χ1v) is 11.6. The number of hydrogen-bond donors (Lipinski definition) is 0. The highest BCUT2D eigenvalue weighted by Gasteiger charge is 2.39. The Bertz CT molecular complexity index is 1050. The van der Waals surface area contributed by atoms with Gasteiger partial charge in [0.05, 0.1) is 36.3 Å². The molecule has 0 radical (unpaired) electrons. The second kappa shape index (κ2) is 8.75. The Morgan fingerprint density at radius 1 is 1.27 bits per heavy atom. The molecule has 5 nitrogen and oxygen atoms in total. The lowest BCUT2D eigenvalue weighted by atomic mass is 9.86. The number of ether oxygens (including phenoxy) is 1. The van der Waals surface area contributed by atoms with Gasteiger partial charge in [-0.05, 0) is 42.3 Å². The third-order valence-electron chi connectivity index (χ3n) is 5.57. The van der Waals surface area contributed by atoms with Crippen molar-refractivity contribution in [2.75, 3.05) is 24.6 Å². The van der Waals surface area contributed by atoms with Gasteiger partial charge >= 0.3 is 0 Å². The van der Waals surface area contributed by atoms with Crippen LogP contribution in [0.3, 0.4) is 0 Å². The number of carbonyl (C=O) groups excluding carboxylic acids is 1. The zero-order valence-electron chi connectivity index (χ0n) is 16.9. The van der Waals surface area contributed by atoms with Gasteiger partial charge in [-0.1, -0.05) is 46.7 Å². The van der Waals surface area contributed by atoms with Gasteiger partial charge in [0, 0.05) is 28.1 Å². The molecule has 0 spiro atoms. The molecule has 2 heterocycles. The van der Waals surface area contributed by atoms with Crippen LogP contribution in [0.1, 0.15) is 30.4 Å². The van der Waals surface area contributed by atoms with Crippen LogP contribution >= 0.6 is 27.7 Å². The number of rotatable bonds is 4. The van der Waals surface area contributed by atoms with Crippen LogP contribution in [0, 0.1) is 11.3 Å². The fourth-order valence-electron chi connectivity index (χ4n) is 3.91. The van der Waals surface area contributed by atoms with Gasteiger partial charge in [0.15, 0.2) is 0 Å². The fourth-order valence-corrected chi connectivity index (χ4v) is 5.46. The molecule has 2 aliphatic rings. The van der Waals surface area contributed by atoms with Crippen LogP contribution in [-0.2, 0) is 11.2 Å². The molecule has 154 valence electrons. The third kappa shape index (κ3) is 3.82. The second-order valence-corrected chi connectivity index (χ2v) is 9.12. The number of fused-ring (bicyclic) bond motifs is 1. The van der Waals surface area contributed by atoms with Gasteiger partial charge < -0.3 is 9.64 Å². The molecule has 1 fully saturated rings. The van der Waals surface area contributed by atoms with Crippen molar-refractivity contribution < 1.29 is 9.53 Å². The Labute approximate surface area is 189 Å². The highest BCUT2D eigenvalue weighted by atomic mass is 79.9. The molecule has 1 atom stereocenters. The molecular weight excluding hydrogens is 462 g/mol. The Balaban J connectivity index is 1.67. The summed E-state index contributed by atoms with van der Waals surface area (Å²) in [5, 5.41) is 10.8. The number of allylic oxidation sites excluding steroid dienone is 1. The quantitative estimate of drug-likeness (QED) is 0.594. The maximum atomic E-state index is 13.1. The van der Waals surface area contributed by atoms with E-state index in [1.165, 1.54) is 5.56 Å². The lowest BCUT2D eigenvalue weighted by Crippen LogP contribution is -2.47. The first kappa shape index (κ1) is 20.8. The zero-order chi connectivity index (χ0) is 21.3. The second-order valence-electron chi connectivity index (χ2n) is 7.27. The van der Waals surface area contributed by atoms with E-state index < -0.39 is 0 Å². The van der Waals surface area contributed by atoms with Crippen molar-refractivity contribution in [3.05, 3.63) is 68.7 Å². The van der Waals surface area contributed by atoms with Gasteiger partial charge in [0.25, 0.3) is 0 Å². The highest BCUT2D eigenvalue weighted by molar-refractivity contribution is 9.10. The van der Waals surface area contributed by atoms with Crippen molar-refractivity contribution in [2.45, 2.75) is 25.7 Å². The van der Waals surface area contributed by atoms with Crippen LogP contribution in [0.2, 0.25) is 0 Å². The molecule has 1 saturated heterocycles. The Kier molecular flexibility index (Phi) is 6.07. The normalized spacial score (nSPS) is 18.9. The molecule has 0 aromatic heterocycles. The summed E-state index contributed by atoms with van der Waals surface area (Å²) in [6.45, 7) is 2.59. The summed E-state index contributed by atoms with van der Waals surface area (Å²) >= 11 is 5.05. The molecule has 1 amide bonds. The first-order valence-electron chi connectivity index (χ1n) is 9.80. The van der Waals surface area contributed by atoms with Crippen LogP contribution in [0.5, 0.6) is 5.75 Å². The number of benzene rings is 2. The van der Waals surface area contributed by atoms with E-state index in [0.29, 0.717) is 23.9 Å². The number of anilines is 1. The summed E-state index contributed by atoms with van der Waals surface area (Å²) in [4.78, 5) is 17.0. The Morgan fingerprint density at radius 2 is 2.03 bits per heavy atom. The molecule has 0 unspecified atom stereocenters. The van der Waals surface area contributed by atoms with E-state index in [0.717, 1.165) is 27.2 Å². The van der Waals surface area contributed by atoms with Crippen molar-refractivity contribution >= 4 is 39.3 Å². The van der Waals surface area contributed by atoms with Gasteiger partial charge in [-0.2, -0.15) is 5.26 Å². The summed E-state index contributed by atoms with van der Waals surface area (Å²) in [5.41, 5.74) is 3.87. The molecule has 0 saturated carbocycles. The van der Waals surface area contributed by atoms with Crippen molar-refractivity contribution in [3.63, 3.8) is 0 Å². The van der Waals surface area contributed by atoms with Crippen molar-refractivity contribution in [1.82, 2.24) is 4.90 Å². The van der Waals surface area contributed by atoms with E-state index >= 15 is 0 Å². The smallest absolute Gasteiger partial charge is 0.229 e. The molecule has 2 aromatic rings. The summed E-state index contributed by atoms with van der Waals surface area (Å²) in [7, 11) is 1.61. The molecule has 0 aliphatic carbocycles. The minimum Gasteiger partial charge on any atom is -0.496 e. The van der Waals surface area contributed by atoms with E-state index in [9.17, 15) is 10.1 Å². The number of methoxy groups -OCH3 is 1. The highest BCUT2D eigenvalue weighted by Crippen LogP contribution is 2.45. The van der Waals surface area contributed by atoms with Crippen LogP contribution in [0.4, 0.5) is 5.69 Å². The number of halogens is 1. The van der Waals surface area contributed by atoms with Crippen LogP contribution in [-0.4, -0.2) is 30.5 Å². The van der Waals surface area contributed by atoms with Crippen LogP contribution in [0.25, 0.3) is 0 Å². The summed E-state index contributed by atoms with van der Waals surface area (Å²) < 4.78 is 6.42. The molecule has 0 N–H and O–H groups in total. The SMILES string of the molecule is CCc1ccc(N2CSC3=C(C#N)[C@@H](c4cc(Br)ccc4OC)CC(=O)N3C2)cc1. The summed E-state index contributed by atoms with van der Waals surface area (Å²) in [6, 6.07) is 16.5. The van der Waals surface area contributed by atoms with Gasteiger partial charge in [-0.15, -0.1) is 0 Å². The van der Waals surface area contributed by atoms with Gasteiger partial charge in [0.1, 0.15) is 5.75 Å². The Morgan fingerprint density at radius 3 is 2.70 bits per heavy atom. The minimum absolute atomic E-state index is 0.0263. The van der Waals surface area contributed by atoms with E-state index in [2.05, 4.69) is 58.1 Å². The van der Waals surface area contributed by atoms with E-state index in [1.54, 1.807) is 23.8 Å². The average Bonchev–Trinajstić information content (AvgIpc) is 2.79. The standard InChI is InChI=1S/C23H22BrN3O2S/c1-3-15-4-7-17(8-5-15)26-13-27-22(28)11-18(20(12-25)23(27)30-14-26)19-10-16(24)6-9-21(19)29-2/h4-10,18H,3,11,13-14H2,1-2H3/t18-/m1/s1. The van der Waals surface area contributed by atoms with E-state index in [4.69, 9.17) is 4.74 Å². The fraction of sp³-hybridized carbons (Fsp3) is 0.304. The molecule has 30 heavy (non-hydrogen) atoms. The number of thioether (sulfide) groups is 1. The monoisotopic (exact) mass is 483 g/mol. The van der Waals surface area contributed by atoms with Crippen molar-refractivity contribution in [1.29, 1.82) is 5.26 Å². The summed E-state index contributed by atoms with van der Waals surface area (Å²) in [6.07, 6.45) is 1.25. The maximum Gasteiger partial charge on any atom is 0.229 e.